The summed E-state index contributed by atoms with van der Waals surface area (Å²) in [5.74, 6) is -1.43. The van der Waals surface area contributed by atoms with Gasteiger partial charge in [0.2, 0.25) is 0 Å². The van der Waals surface area contributed by atoms with E-state index in [1.54, 1.807) is 0 Å². The predicted octanol–water partition coefficient (Wildman–Crippen LogP) is 0.149. The summed E-state index contributed by atoms with van der Waals surface area (Å²) in [5.41, 5.74) is 0.835. The molecule has 0 spiro atoms. The lowest BCUT2D eigenvalue weighted by Gasteiger charge is -2.13. The predicted molar refractivity (Wildman–Crippen MR) is 64.9 cm³/mol. The summed E-state index contributed by atoms with van der Waals surface area (Å²) in [6, 6.07) is 0. The molecule has 0 fully saturated rings. The van der Waals surface area contributed by atoms with Crippen molar-refractivity contribution >= 4 is 28.3 Å². The Labute approximate surface area is 103 Å². The third kappa shape index (κ3) is 3.50. The van der Waals surface area contributed by atoms with Crippen molar-refractivity contribution in [3.63, 3.8) is 0 Å². The number of nitrogens with one attached hydrogen (secondary N) is 1. The standard InChI is InChI=1S/C10H15N3O3S/c1-6-7(2)17-10(11-6)12-8(15)9(16)13(3)4-5-14/h14H,4-5H2,1-3H3,(H,11,12,15). The number of aromatic nitrogens is 1. The molecule has 0 saturated carbocycles. The molecule has 2 N–H and O–H groups in total. The van der Waals surface area contributed by atoms with E-state index in [1.165, 1.54) is 18.4 Å². The van der Waals surface area contributed by atoms with Gasteiger partial charge in [0.25, 0.3) is 0 Å². The highest BCUT2D eigenvalue weighted by Gasteiger charge is 2.19. The molecule has 2 amide bonds. The first kappa shape index (κ1) is 13.6. The summed E-state index contributed by atoms with van der Waals surface area (Å²) in [6.45, 7) is 3.68. The van der Waals surface area contributed by atoms with Crippen LogP contribution in [0.25, 0.3) is 0 Å². The molecule has 0 aromatic carbocycles. The van der Waals surface area contributed by atoms with Gasteiger partial charge in [0, 0.05) is 18.5 Å². The molecule has 0 radical (unpaired) electrons. The summed E-state index contributed by atoms with van der Waals surface area (Å²) >= 11 is 1.32. The summed E-state index contributed by atoms with van der Waals surface area (Å²) in [5, 5.41) is 11.5. The van der Waals surface area contributed by atoms with Crippen LogP contribution in [0.3, 0.4) is 0 Å². The lowest BCUT2D eigenvalue weighted by molar-refractivity contribution is -0.142. The SMILES string of the molecule is Cc1nc(NC(=O)C(=O)N(C)CCO)sc1C. The average Bonchev–Trinajstić information content (AvgIpc) is 2.57. The smallest absolute Gasteiger partial charge is 0.315 e. The molecule has 0 atom stereocenters. The number of likely N-dealkylation sites (N-methyl/N-ethyl adjacent to an activating group) is 1. The minimum atomic E-state index is -0.741. The molecule has 0 unspecified atom stereocenters. The Hall–Kier alpha value is -1.47. The zero-order chi connectivity index (χ0) is 13.0. The van der Waals surface area contributed by atoms with Gasteiger partial charge in [-0.2, -0.15) is 0 Å². The highest BCUT2D eigenvalue weighted by atomic mass is 32.1. The second kappa shape index (κ2) is 5.74. The van der Waals surface area contributed by atoms with Crippen LogP contribution in [-0.2, 0) is 9.59 Å². The Morgan fingerprint density at radius 1 is 1.47 bits per heavy atom. The quantitative estimate of drug-likeness (QED) is 0.755. The number of amides is 2. The molecule has 1 aromatic heterocycles. The van der Waals surface area contributed by atoms with Gasteiger partial charge in [-0.05, 0) is 13.8 Å². The van der Waals surface area contributed by atoms with Crippen LogP contribution >= 0.6 is 11.3 Å². The van der Waals surface area contributed by atoms with Crippen LogP contribution in [0.4, 0.5) is 5.13 Å². The topological polar surface area (TPSA) is 82.5 Å². The molecule has 17 heavy (non-hydrogen) atoms. The Bertz CT molecular complexity index is 411. The molecular weight excluding hydrogens is 242 g/mol. The molecule has 7 heteroatoms. The number of aryl methyl sites for hydroxylation is 2. The van der Waals surface area contributed by atoms with Crippen molar-refractivity contribution in [1.29, 1.82) is 0 Å². The number of hydrogen-bond donors (Lipinski definition) is 2. The maximum absolute atomic E-state index is 11.5. The van der Waals surface area contributed by atoms with Gasteiger partial charge in [0.15, 0.2) is 5.13 Å². The Morgan fingerprint density at radius 2 is 2.12 bits per heavy atom. The summed E-state index contributed by atoms with van der Waals surface area (Å²) in [6.07, 6.45) is 0. The number of aliphatic hydroxyl groups is 1. The largest absolute Gasteiger partial charge is 0.395 e. The van der Waals surface area contributed by atoms with Gasteiger partial charge in [-0.15, -0.1) is 11.3 Å². The van der Waals surface area contributed by atoms with Gasteiger partial charge in [-0.25, -0.2) is 4.98 Å². The van der Waals surface area contributed by atoms with E-state index in [1.807, 2.05) is 13.8 Å². The number of hydrogen-bond acceptors (Lipinski definition) is 5. The molecule has 0 aliphatic rings. The van der Waals surface area contributed by atoms with Crippen LogP contribution in [0.2, 0.25) is 0 Å². The first-order valence-electron chi connectivity index (χ1n) is 5.07. The van der Waals surface area contributed by atoms with E-state index in [0.29, 0.717) is 5.13 Å². The van der Waals surface area contributed by atoms with Gasteiger partial charge in [-0.1, -0.05) is 0 Å². The van der Waals surface area contributed by atoms with Gasteiger partial charge in [0.05, 0.1) is 12.3 Å². The third-order valence-electron chi connectivity index (χ3n) is 2.23. The Balaban J connectivity index is 2.63. The molecule has 0 saturated heterocycles. The molecule has 1 aromatic rings. The van der Waals surface area contributed by atoms with Crippen LogP contribution in [0.5, 0.6) is 0 Å². The zero-order valence-electron chi connectivity index (χ0n) is 9.98. The summed E-state index contributed by atoms with van der Waals surface area (Å²) in [4.78, 5) is 29.3. The molecule has 1 heterocycles. The normalized spacial score (nSPS) is 10.1. The number of rotatable bonds is 3. The van der Waals surface area contributed by atoms with Crippen LogP contribution < -0.4 is 5.32 Å². The minimum Gasteiger partial charge on any atom is -0.395 e. The van der Waals surface area contributed by atoms with Crippen molar-refractivity contribution in [2.45, 2.75) is 13.8 Å². The Morgan fingerprint density at radius 3 is 2.59 bits per heavy atom. The number of nitrogens with zero attached hydrogens (tertiary/aromatic N) is 2. The van der Waals surface area contributed by atoms with E-state index in [2.05, 4.69) is 10.3 Å². The second-order valence-corrected chi connectivity index (χ2v) is 4.77. The monoisotopic (exact) mass is 257 g/mol. The lowest BCUT2D eigenvalue weighted by atomic mass is 10.4. The molecule has 1 rings (SSSR count). The molecule has 94 valence electrons. The molecule has 6 nitrogen and oxygen atoms in total. The first-order valence-corrected chi connectivity index (χ1v) is 5.88. The maximum Gasteiger partial charge on any atom is 0.315 e. The van der Waals surface area contributed by atoms with Gasteiger partial charge >= 0.3 is 11.8 Å². The summed E-state index contributed by atoms with van der Waals surface area (Å²) < 4.78 is 0. The van der Waals surface area contributed by atoms with Gasteiger partial charge < -0.3 is 10.0 Å². The van der Waals surface area contributed by atoms with Gasteiger partial charge in [0.1, 0.15) is 0 Å². The first-order chi connectivity index (χ1) is 7.95. The van der Waals surface area contributed by atoms with Crippen molar-refractivity contribution in [1.82, 2.24) is 9.88 Å². The highest BCUT2D eigenvalue weighted by Crippen LogP contribution is 2.20. The fourth-order valence-electron chi connectivity index (χ4n) is 1.10. The van der Waals surface area contributed by atoms with Crippen molar-refractivity contribution in [2.24, 2.45) is 0 Å². The minimum absolute atomic E-state index is 0.127. The molecule has 0 aliphatic heterocycles. The van der Waals surface area contributed by atoms with Crippen LogP contribution in [-0.4, -0.2) is 47.0 Å². The number of anilines is 1. The number of thiazole rings is 1. The van der Waals surface area contributed by atoms with Crippen LogP contribution in [0.1, 0.15) is 10.6 Å². The van der Waals surface area contributed by atoms with Crippen molar-refractivity contribution < 1.29 is 14.7 Å². The van der Waals surface area contributed by atoms with Gasteiger partial charge in [-0.3, -0.25) is 14.9 Å². The average molecular weight is 257 g/mol. The fraction of sp³-hybridized carbons (Fsp3) is 0.500. The van der Waals surface area contributed by atoms with Crippen molar-refractivity contribution in [3.05, 3.63) is 10.6 Å². The lowest BCUT2D eigenvalue weighted by Crippen LogP contribution is -2.38. The second-order valence-electron chi connectivity index (χ2n) is 3.57. The zero-order valence-corrected chi connectivity index (χ0v) is 10.8. The maximum atomic E-state index is 11.5. The fourth-order valence-corrected chi connectivity index (χ4v) is 1.91. The van der Waals surface area contributed by atoms with Crippen molar-refractivity contribution in [2.75, 3.05) is 25.5 Å². The van der Waals surface area contributed by atoms with E-state index in [9.17, 15) is 9.59 Å². The highest BCUT2D eigenvalue weighted by molar-refractivity contribution is 7.15. The summed E-state index contributed by atoms with van der Waals surface area (Å²) in [7, 11) is 1.45. The molecule has 0 bridgehead atoms. The number of carbonyl (C=O) groups is 2. The van der Waals surface area contributed by atoms with E-state index < -0.39 is 11.8 Å². The van der Waals surface area contributed by atoms with Crippen molar-refractivity contribution in [3.8, 4) is 0 Å². The van der Waals surface area contributed by atoms with E-state index in [0.717, 1.165) is 15.5 Å². The number of carbonyl (C=O) groups excluding carboxylic acids is 2. The van der Waals surface area contributed by atoms with E-state index in [-0.39, 0.29) is 13.2 Å². The van der Waals surface area contributed by atoms with Crippen LogP contribution in [0.15, 0.2) is 0 Å². The van der Waals surface area contributed by atoms with E-state index >= 15 is 0 Å². The number of aliphatic hydroxyl groups excluding tert-OH is 1. The molecule has 0 aliphatic carbocycles. The Kier molecular flexibility index (Phi) is 4.59. The third-order valence-corrected chi connectivity index (χ3v) is 3.21. The molecular formula is C10H15N3O3S. The van der Waals surface area contributed by atoms with Crippen LogP contribution in [0, 0.1) is 13.8 Å². The van der Waals surface area contributed by atoms with E-state index in [4.69, 9.17) is 5.11 Å².